The number of carbonyl (C=O) groups is 2. The van der Waals surface area contributed by atoms with Crippen molar-refractivity contribution in [3.63, 3.8) is 0 Å². The Kier molecular flexibility index (Phi) is 18.5. The Morgan fingerprint density at radius 3 is 1.11 bits per heavy atom. The highest BCUT2D eigenvalue weighted by Gasteiger charge is 2.53. The normalized spacial score (nSPS) is 44.0. The van der Waals surface area contributed by atoms with Gasteiger partial charge in [-0.1, -0.05) is 0 Å². The first-order valence-electron chi connectivity index (χ1n) is 18.2. The smallest absolute Gasteiger partial charge is 0.217 e. The van der Waals surface area contributed by atoms with E-state index in [1.165, 1.54) is 0 Å². The molecule has 2 amide bonds. The first kappa shape index (κ1) is 47.8. The van der Waals surface area contributed by atoms with Gasteiger partial charge in [-0.05, 0) is 0 Å². The van der Waals surface area contributed by atoms with Crippen LogP contribution in [0.15, 0.2) is 0 Å². The lowest BCUT2D eigenvalue weighted by Gasteiger charge is -2.47. The van der Waals surface area contributed by atoms with Crippen LogP contribution in [0.1, 0.15) is 13.8 Å². The molecular weight excluding hydrogens is 780 g/mol. The van der Waals surface area contributed by atoms with Crippen LogP contribution in [-0.4, -0.2) is 249 Å². The van der Waals surface area contributed by atoms with Crippen molar-refractivity contribution < 1.29 is 113 Å². The topological polar surface area (TPSA) is 384 Å². The third-order valence-electron chi connectivity index (χ3n) is 9.74. The molecule has 4 heterocycles. The predicted octanol–water partition coefficient (Wildman–Crippen LogP) is -9.43. The van der Waals surface area contributed by atoms with E-state index in [0.29, 0.717) is 0 Å². The van der Waals surface area contributed by atoms with Crippen LogP contribution in [0.3, 0.4) is 0 Å². The van der Waals surface area contributed by atoms with E-state index >= 15 is 0 Å². The predicted molar refractivity (Wildman–Crippen MR) is 179 cm³/mol. The molecule has 4 fully saturated rings. The van der Waals surface area contributed by atoms with Gasteiger partial charge in [0.1, 0.15) is 97.5 Å². The Morgan fingerprint density at radius 2 is 0.789 bits per heavy atom. The van der Waals surface area contributed by atoms with Crippen molar-refractivity contribution in [2.24, 2.45) is 0 Å². The number of aliphatic hydroxyl groups is 12. The van der Waals surface area contributed by atoms with Crippen molar-refractivity contribution in [1.82, 2.24) is 10.6 Å². The van der Waals surface area contributed by atoms with Gasteiger partial charge in [0.15, 0.2) is 25.2 Å². The lowest BCUT2D eigenvalue weighted by atomic mass is 9.95. The molecule has 4 aliphatic heterocycles. The number of ether oxygens (including phenoxy) is 9. The van der Waals surface area contributed by atoms with Crippen molar-refractivity contribution in [2.45, 2.75) is 137 Å². The second-order valence-corrected chi connectivity index (χ2v) is 13.8. The third kappa shape index (κ3) is 11.7. The van der Waals surface area contributed by atoms with E-state index in [1.807, 2.05) is 0 Å². The van der Waals surface area contributed by atoms with Gasteiger partial charge in [-0.15, -0.1) is 0 Å². The molecule has 20 atom stereocenters. The minimum Gasteiger partial charge on any atom is -0.394 e. The number of amides is 2. The Labute approximate surface area is 325 Å². The molecule has 0 bridgehead atoms. The van der Waals surface area contributed by atoms with Crippen LogP contribution >= 0.6 is 0 Å². The Bertz CT molecular complexity index is 1150. The van der Waals surface area contributed by atoms with Gasteiger partial charge in [-0.25, -0.2) is 0 Å². The van der Waals surface area contributed by atoms with E-state index in [0.717, 1.165) is 13.8 Å². The summed E-state index contributed by atoms with van der Waals surface area (Å²) in [4.78, 5) is 24.0. The van der Waals surface area contributed by atoms with E-state index in [1.54, 1.807) is 0 Å². The van der Waals surface area contributed by atoms with Gasteiger partial charge < -0.3 is 115 Å². The van der Waals surface area contributed by atoms with Crippen LogP contribution in [0.2, 0.25) is 0 Å². The molecule has 4 rings (SSSR count). The molecule has 332 valence electrons. The summed E-state index contributed by atoms with van der Waals surface area (Å²) in [6.07, 6.45) is -28.3. The van der Waals surface area contributed by atoms with Crippen LogP contribution in [-0.2, 0) is 52.2 Å². The van der Waals surface area contributed by atoms with Crippen molar-refractivity contribution in [3.8, 4) is 0 Å². The van der Waals surface area contributed by atoms with E-state index in [4.69, 9.17) is 42.6 Å². The standard InChI is InChI=1S/C32H56N2O23/c1-11(39)33-17-21(43)27(56-31-25(47)23(45)19(41)13(7-35)52-31)15(9-37)54-29(17)50-5-3-49-4-6-51-30-18(34-12(2)40)22(44)28(16(10-38)55-30)57-32-26(48)24(46)20(42)14(8-36)53-32/h13-32,35-38,41-48H,3-10H2,1-2H3,(H,33,39)(H,34,40)/t13-,14-,15-,16-,17-,18-,19+,20+,21-,22-,23+,24+,25-,26-,27-,28-,29-,30-,31+,32+/m1/s1. The molecule has 0 aromatic carbocycles. The highest BCUT2D eigenvalue weighted by molar-refractivity contribution is 5.73. The van der Waals surface area contributed by atoms with Gasteiger partial charge in [-0.3, -0.25) is 9.59 Å². The van der Waals surface area contributed by atoms with Gasteiger partial charge in [0.2, 0.25) is 11.8 Å². The zero-order valence-electron chi connectivity index (χ0n) is 31.1. The number of hydrogen-bond acceptors (Lipinski definition) is 23. The molecule has 57 heavy (non-hydrogen) atoms. The van der Waals surface area contributed by atoms with E-state index in [-0.39, 0.29) is 26.4 Å². The molecule has 0 saturated carbocycles. The van der Waals surface area contributed by atoms with Crippen LogP contribution < -0.4 is 10.6 Å². The molecule has 0 unspecified atom stereocenters. The minimum atomic E-state index is -1.83. The molecule has 4 saturated heterocycles. The summed E-state index contributed by atoms with van der Waals surface area (Å²) in [5, 5.41) is 128. The Morgan fingerprint density at radius 1 is 0.456 bits per heavy atom. The molecule has 0 aromatic heterocycles. The summed E-state index contributed by atoms with van der Waals surface area (Å²) in [6, 6.07) is -2.62. The van der Waals surface area contributed by atoms with Gasteiger partial charge in [-0.2, -0.15) is 0 Å². The van der Waals surface area contributed by atoms with Gasteiger partial charge in [0.05, 0.1) is 52.9 Å². The van der Waals surface area contributed by atoms with E-state index < -0.39 is 161 Å². The number of rotatable bonds is 18. The number of aliphatic hydroxyl groups excluding tert-OH is 12. The molecule has 25 heteroatoms. The molecule has 0 aromatic rings. The van der Waals surface area contributed by atoms with Crippen molar-refractivity contribution in [1.29, 1.82) is 0 Å². The zero-order valence-corrected chi connectivity index (χ0v) is 31.1. The van der Waals surface area contributed by atoms with Crippen LogP contribution in [0.4, 0.5) is 0 Å². The van der Waals surface area contributed by atoms with Gasteiger partial charge >= 0.3 is 0 Å². The lowest BCUT2D eigenvalue weighted by Crippen LogP contribution is -2.67. The average molecular weight is 837 g/mol. The minimum absolute atomic E-state index is 0.127. The summed E-state index contributed by atoms with van der Waals surface area (Å²) in [5.74, 6) is -1.22. The molecule has 0 radical (unpaired) electrons. The quantitative estimate of drug-likeness (QED) is 0.0570. The fourth-order valence-electron chi connectivity index (χ4n) is 6.75. The molecule has 14 N–H and O–H groups in total. The largest absolute Gasteiger partial charge is 0.394 e. The first-order valence-corrected chi connectivity index (χ1v) is 18.2. The maximum Gasteiger partial charge on any atom is 0.217 e. The number of carbonyl (C=O) groups excluding carboxylic acids is 2. The first-order chi connectivity index (χ1) is 27.1. The molecule has 0 spiro atoms. The van der Waals surface area contributed by atoms with Crippen molar-refractivity contribution >= 4 is 11.8 Å². The number of nitrogens with one attached hydrogen (secondary N) is 2. The monoisotopic (exact) mass is 836 g/mol. The lowest BCUT2D eigenvalue weighted by molar-refractivity contribution is -0.349. The SMILES string of the molecule is CC(=O)N[C@H]1[C@H](OCCOCCO[C@@H]2O[C@H](CO)[C@@H](O[C@@H]3O[C@H](CO)[C@H](O)[C@H](O)[C@H]3O)[C@H](O)[C@H]2NC(C)=O)O[C@H](CO)[C@@H](O[C@@H]2O[C@H](CO)[C@H](O)[C@H](O)[C@H]2O)[C@@H]1O. The zero-order chi connectivity index (χ0) is 42.1. The Balaban J connectivity index is 1.29. The van der Waals surface area contributed by atoms with Crippen LogP contribution in [0.25, 0.3) is 0 Å². The van der Waals surface area contributed by atoms with Crippen molar-refractivity contribution in [3.05, 3.63) is 0 Å². The van der Waals surface area contributed by atoms with E-state index in [9.17, 15) is 70.9 Å². The maximum absolute atomic E-state index is 12.0. The third-order valence-corrected chi connectivity index (χ3v) is 9.74. The number of hydrogen-bond donors (Lipinski definition) is 14. The highest BCUT2D eigenvalue weighted by Crippen LogP contribution is 2.31. The maximum atomic E-state index is 12.0. The van der Waals surface area contributed by atoms with E-state index in [2.05, 4.69) is 10.6 Å². The van der Waals surface area contributed by atoms with Gasteiger partial charge in [0.25, 0.3) is 0 Å². The molecular formula is C32H56N2O23. The van der Waals surface area contributed by atoms with Crippen molar-refractivity contribution in [2.75, 3.05) is 52.9 Å². The summed E-state index contributed by atoms with van der Waals surface area (Å²) >= 11 is 0. The fourth-order valence-corrected chi connectivity index (χ4v) is 6.75. The Hall–Kier alpha value is -1.90. The summed E-state index contributed by atoms with van der Waals surface area (Å²) in [6.45, 7) is -1.37. The van der Waals surface area contributed by atoms with Crippen LogP contribution in [0, 0.1) is 0 Å². The summed E-state index contributed by atoms with van der Waals surface area (Å²) < 4.78 is 50.4. The van der Waals surface area contributed by atoms with Gasteiger partial charge in [0, 0.05) is 13.8 Å². The summed E-state index contributed by atoms with van der Waals surface area (Å²) in [5.41, 5.74) is 0. The molecule has 4 aliphatic rings. The second-order valence-electron chi connectivity index (χ2n) is 13.8. The summed E-state index contributed by atoms with van der Waals surface area (Å²) in [7, 11) is 0. The molecule has 0 aliphatic carbocycles. The second kappa shape index (κ2) is 22.1. The van der Waals surface area contributed by atoms with Crippen LogP contribution in [0.5, 0.6) is 0 Å². The molecule has 25 nitrogen and oxygen atoms in total. The fraction of sp³-hybridized carbons (Fsp3) is 0.938. The average Bonchev–Trinajstić information content (AvgIpc) is 3.18. The highest BCUT2D eigenvalue weighted by atomic mass is 16.8.